The molecule has 4 heteroatoms. The van der Waals surface area contributed by atoms with Gasteiger partial charge in [0.15, 0.2) is 5.78 Å². The van der Waals surface area contributed by atoms with E-state index in [0.717, 1.165) is 11.3 Å². The normalized spacial score (nSPS) is 15.1. The summed E-state index contributed by atoms with van der Waals surface area (Å²) in [5.41, 5.74) is 1.34. The molecule has 1 aliphatic rings. The zero-order chi connectivity index (χ0) is 14.0. The van der Waals surface area contributed by atoms with E-state index in [4.69, 9.17) is 0 Å². The average Bonchev–Trinajstić information content (AvgIpc) is 2.49. The van der Waals surface area contributed by atoms with Crippen LogP contribution < -0.4 is 4.90 Å². The number of benzodiazepines with no additional fused rings is 1. The summed E-state index contributed by atoms with van der Waals surface area (Å²) in [4.78, 5) is 29.5. The third kappa shape index (κ3) is 3.08. The van der Waals surface area contributed by atoms with Crippen LogP contribution in [0.15, 0.2) is 29.3 Å². The molecule has 100 valence electrons. The number of hydrogen-bond acceptors (Lipinski definition) is 3. The molecule has 0 radical (unpaired) electrons. The van der Waals surface area contributed by atoms with Gasteiger partial charge in [-0.25, -0.2) is 4.99 Å². The number of rotatable bonds is 2. The van der Waals surface area contributed by atoms with E-state index in [1.165, 1.54) is 0 Å². The number of carbonyl (C=O) groups is 2. The van der Waals surface area contributed by atoms with Crippen molar-refractivity contribution in [1.82, 2.24) is 0 Å². The first-order valence-electron chi connectivity index (χ1n) is 6.32. The number of ketones is 1. The summed E-state index contributed by atoms with van der Waals surface area (Å²) in [6.07, 6.45) is 1.57. The highest BCUT2D eigenvalue weighted by Gasteiger charge is 2.26. The predicted molar refractivity (Wildman–Crippen MR) is 75.7 cm³/mol. The smallest absolute Gasteiger partial charge is 0.265 e. The Morgan fingerprint density at radius 3 is 2.68 bits per heavy atom. The first-order valence-corrected chi connectivity index (χ1v) is 6.32. The van der Waals surface area contributed by atoms with E-state index in [9.17, 15) is 9.59 Å². The lowest BCUT2D eigenvalue weighted by atomic mass is 9.90. The summed E-state index contributed by atoms with van der Waals surface area (Å²) in [7, 11) is 0. The molecule has 2 rings (SSSR count). The maximum Gasteiger partial charge on any atom is 0.265 e. The molecule has 0 aliphatic carbocycles. The van der Waals surface area contributed by atoms with Gasteiger partial charge in [0.25, 0.3) is 5.91 Å². The molecular weight excluding hydrogens is 240 g/mol. The van der Waals surface area contributed by atoms with Crippen molar-refractivity contribution in [3.8, 4) is 0 Å². The van der Waals surface area contributed by atoms with Gasteiger partial charge < -0.3 is 4.90 Å². The minimum Gasteiger partial charge on any atom is -0.354 e. The van der Waals surface area contributed by atoms with Crippen LogP contribution in [0, 0.1) is 5.41 Å². The van der Waals surface area contributed by atoms with E-state index in [-0.39, 0.29) is 24.8 Å². The molecule has 1 aromatic rings. The predicted octanol–water partition coefficient (Wildman–Crippen LogP) is 2.07. The SMILES string of the molecule is CC(C)(C)C(=O)CN1CC(=O)N=Cc2ccccc21. The zero-order valence-corrected chi connectivity index (χ0v) is 11.5. The number of benzene rings is 1. The quantitative estimate of drug-likeness (QED) is 0.816. The monoisotopic (exact) mass is 258 g/mol. The number of fused-ring (bicyclic) bond motifs is 1. The summed E-state index contributed by atoms with van der Waals surface area (Å²) < 4.78 is 0. The van der Waals surface area contributed by atoms with E-state index in [2.05, 4.69) is 4.99 Å². The Morgan fingerprint density at radius 2 is 2.00 bits per heavy atom. The molecular formula is C15H18N2O2. The number of carbonyl (C=O) groups excluding carboxylic acids is 2. The minimum absolute atomic E-state index is 0.108. The Morgan fingerprint density at radius 1 is 1.32 bits per heavy atom. The molecule has 1 aromatic carbocycles. The molecule has 0 aromatic heterocycles. The fourth-order valence-corrected chi connectivity index (χ4v) is 1.87. The van der Waals surface area contributed by atoms with Gasteiger partial charge in [-0.15, -0.1) is 0 Å². The molecule has 0 spiro atoms. The van der Waals surface area contributed by atoms with Crippen LogP contribution in [0.4, 0.5) is 5.69 Å². The lowest BCUT2D eigenvalue weighted by molar-refractivity contribution is -0.124. The number of para-hydroxylation sites is 1. The Bertz CT molecular complexity index is 541. The highest BCUT2D eigenvalue weighted by Crippen LogP contribution is 2.23. The van der Waals surface area contributed by atoms with Gasteiger partial charge in [0.1, 0.15) is 0 Å². The summed E-state index contributed by atoms with van der Waals surface area (Å²) in [6.45, 7) is 6.04. The van der Waals surface area contributed by atoms with Gasteiger partial charge in [-0.2, -0.15) is 0 Å². The Hall–Kier alpha value is -1.97. The fourth-order valence-electron chi connectivity index (χ4n) is 1.87. The lowest BCUT2D eigenvalue weighted by Crippen LogP contribution is -2.38. The van der Waals surface area contributed by atoms with Gasteiger partial charge in [0.05, 0.1) is 13.1 Å². The summed E-state index contributed by atoms with van der Waals surface area (Å²) in [5.74, 6) is -0.116. The second-order valence-corrected chi connectivity index (χ2v) is 5.74. The van der Waals surface area contributed by atoms with Gasteiger partial charge >= 0.3 is 0 Å². The molecule has 0 bridgehead atoms. The van der Waals surface area contributed by atoms with Crippen LogP contribution in [-0.4, -0.2) is 31.0 Å². The van der Waals surface area contributed by atoms with E-state index < -0.39 is 5.41 Å². The maximum absolute atomic E-state index is 12.2. The van der Waals surface area contributed by atoms with Crippen molar-refractivity contribution in [2.45, 2.75) is 20.8 Å². The van der Waals surface area contributed by atoms with Crippen molar-refractivity contribution < 1.29 is 9.59 Å². The zero-order valence-electron chi connectivity index (χ0n) is 11.5. The Labute approximate surface area is 113 Å². The molecule has 0 atom stereocenters. The molecule has 0 saturated heterocycles. The van der Waals surface area contributed by atoms with E-state index in [0.29, 0.717) is 0 Å². The molecule has 0 N–H and O–H groups in total. The van der Waals surface area contributed by atoms with E-state index in [1.807, 2.05) is 45.0 Å². The maximum atomic E-state index is 12.2. The van der Waals surface area contributed by atoms with Crippen LogP contribution in [0.3, 0.4) is 0 Å². The molecule has 1 heterocycles. The third-order valence-corrected chi connectivity index (χ3v) is 3.12. The van der Waals surface area contributed by atoms with Crippen LogP contribution in [0.2, 0.25) is 0 Å². The Kier molecular flexibility index (Phi) is 3.51. The van der Waals surface area contributed by atoms with Crippen molar-refractivity contribution in [3.63, 3.8) is 0 Å². The standard InChI is InChI=1S/C15H18N2O2/c1-15(2,3)13(18)9-17-10-14(19)16-8-11-6-4-5-7-12(11)17/h4-8H,9-10H2,1-3H3. The second kappa shape index (κ2) is 4.96. The number of anilines is 1. The molecule has 0 unspecified atom stereocenters. The summed E-state index contributed by atoms with van der Waals surface area (Å²) >= 11 is 0. The third-order valence-electron chi connectivity index (χ3n) is 3.12. The van der Waals surface area contributed by atoms with Crippen LogP contribution in [0.5, 0.6) is 0 Å². The van der Waals surface area contributed by atoms with Crippen molar-refractivity contribution >= 4 is 23.6 Å². The van der Waals surface area contributed by atoms with E-state index in [1.54, 1.807) is 11.1 Å². The van der Waals surface area contributed by atoms with Gasteiger partial charge in [-0.05, 0) is 6.07 Å². The number of hydrogen-bond donors (Lipinski definition) is 0. The van der Waals surface area contributed by atoms with Gasteiger partial charge in [-0.3, -0.25) is 9.59 Å². The molecule has 0 fully saturated rings. The average molecular weight is 258 g/mol. The first kappa shape index (κ1) is 13.5. The molecule has 19 heavy (non-hydrogen) atoms. The first-order chi connectivity index (χ1) is 8.88. The van der Waals surface area contributed by atoms with Crippen LogP contribution in [-0.2, 0) is 9.59 Å². The van der Waals surface area contributed by atoms with Crippen molar-refractivity contribution in [2.24, 2.45) is 10.4 Å². The summed E-state index contributed by atoms with van der Waals surface area (Å²) in [5, 5.41) is 0. The second-order valence-electron chi connectivity index (χ2n) is 5.74. The topological polar surface area (TPSA) is 49.7 Å². The number of nitrogens with zero attached hydrogens (tertiary/aromatic N) is 2. The molecule has 1 aliphatic heterocycles. The van der Waals surface area contributed by atoms with Crippen LogP contribution in [0.1, 0.15) is 26.3 Å². The minimum atomic E-state index is -0.412. The molecule has 1 amide bonds. The highest BCUT2D eigenvalue weighted by molar-refractivity contribution is 6.01. The number of aliphatic imine (C=N–C) groups is 1. The highest BCUT2D eigenvalue weighted by atomic mass is 16.2. The van der Waals surface area contributed by atoms with Crippen LogP contribution in [0.25, 0.3) is 0 Å². The van der Waals surface area contributed by atoms with E-state index >= 15 is 0 Å². The molecule has 4 nitrogen and oxygen atoms in total. The largest absolute Gasteiger partial charge is 0.354 e. The van der Waals surface area contributed by atoms with Gasteiger partial charge in [0, 0.05) is 22.9 Å². The van der Waals surface area contributed by atoms with Crippen molar-refractivity contribution in [1.29, 1.82) is 0 Å². The fraction of sp³-hybridized carbons (Fsp3) is 0.400. The number of amides is 1. The van der Waals surface area contributed by atoms with Gasteiger partial charge in [-0.1, -0.05) is 39.0 Å². The van der Waals surface area contributed by atoms with Crippen molar-refractivity contribution in [2.75, 3.05) is 18.0 Å². The Balaban J connectivity index is 2.31. The van der Waals surface area contributed by atoms with Crippen molar-refractivity contribution in [3.05, 3.63) is 29.8 Å². The van der Waals surface area contributed by atoms with Gasteiger partial charge in [0.2, 0.25) is 0 Å². The lowest BCUT2D eigenvalue weighted by Gasteiger charge is -2.26. The number of Topliss-reactive ketones (excluding diaryl/α,β-unsaturated/α-hetero) is 1. The summed E-state index contributed by atoms with van der Waals surface area (Å²) in [6, 6.07) is 7.60. The molecule has 0 saturated carbocycles. The van der Waals surface area contributed by atoms with Crippen LogP contribution >= 0.6 is 0 Å².